The molecule has 0 aliphatic carbocycles. The number of nitrogens with zero attached hydrogens (tertiary/aromatic N) is 4. The van der Waals surface area contributed by atoms with Gasteiger partial charge >= 0.3 is 0 Å². The molecule has 0 saturated heterocycles. The summed E-state index contributed by atoms with van der Waals surface area (Å²) in [4.78, 5) is 10.7. The van der Waals surface area contributed by atoms with Gasteiger partial charge in [0.05, 0.1) is 5.39 Å². The van der Waals surface area contributed by atoms with Crippen molar-refractivity contribution in [2.75, 3.05) is 32.2 Å². The molecule has 6 nitrogen and oxygen atoms in total. The third-order valence-corrected chi connectivity index (χ3v) is 2.96. The van der Waals surface area contributed by atoms with E-state index in [-0.39, 0.29) is 0 Å². The summed E-state index contributed by atoms with van der Waals surface area (Å²) in [7, 11) is 3.75. The first-order valence-corrected chi connectivity index (χ1v) is 6.16. The van der Waals surface area contributed by atoms with Crippen molar-refractivity contribution < 1.29 is 4.74 Å². The zero-order chi connectivity index (χ0) is 13.0. The summed E-state index contributed by atoms with van der Waals surface area (Å²) in [6.45, 7) is 3.74. The van der Waals surface area contributed by atoms with Gasteiger partial charge in [-0.15, -0.1) is 0 Å². The van der Waals surface area contributed by atoms with E-state index in [1.807, 2.05) is 7.05 Å². The molecule has 0 amide bonds. The summed E-state index contributed by atoms with van der Waals surface area (Å²) in [5, 5.41) is 8.25. The fourth-order valence-corrected chi connectivity index (χ4v) is 2.00. The van der Waals surface area contributed by atoms with Crippen molar-refractivity contribution in [3.8, 4) is 0 Å². The summed E-state index contributed by atoms with van der Waals surface area (Å²) >= 11 is 0. The van der Waals surface area contributed by atoms with Crippen molar-refractivity contribution in [3.63, 3.8) is 0 Å². The highest BCUT2D eigenvalue weighted by atomic mass is 16.5. The van der Waals surface area contributed by atoms with E-state index >= 15 is 0 Å². The molecule has 0 bridgehead atoms. The topological polar surface area (TPSA) is 66.9 Å². The van der Waals surface area contributed by atoms with E-state index in [0.717, 1.165) is 48.5 Å². The van der Waals surface area contributed by atoms with Crippen LogP contribution < -0.4 is 4.90 Å². The highest BCUT2D eigenvalue weighted by Gasteiger charge is 2.14. The molecule has 2 rings (SSSR count). The fraction of sp³-hybridized carbons (Fsp3) is 0.583. The Balaban J connectivity index is 2.28. The minimum atomic E-state index is 0.732. The molecule has 0 saturated carbocycles. The van der Waals surface area contributed by atoms with Crippen LogP contribution in [0.1, 0.15) is 19.0 Å². The lowest BCUT2D eigenvalue weighted by molar-refractivity contribution is 0.196. The van der Waals surface area contributed by atoms with E-state index in [1.54, 1.807) is 13.4 Å². The normalized spacial score (nSPS) is 11.1. The van der Waals surface area contributed by atoms with Crippen LogP contribution in [0, 0.1) is 0 Å². The summed E-state index contributed by atoms with van der Waals surface area (Å²) in [6.07, 6.45) is 3.42. The molecule has 0 atom stereocenters. The first-order chi connectivity index (χ1) is 8.77. The molecule has 1 N–H and O–H groups in total. The summed E-state index contributed by atoms with van der Waals surface area (Å²) < 4.78 is 5.07. The lowest BCUT2D eigenvalue weighted by atomic mass is 10.2. The third-order valence-electron chi connectivity index (χ3n) is 2.96. The van der Waals surface area contributed by atoms with Gasteiger partial charge in [0.25, 0.3) is 0 Å². The highest BCUT2D eigenvalue weighted by Crippen LogP contribution is 2.24. The monoisotopic (exact) mass is 249 g/mol. The van der Waals surface area contributed by atoms with Crippen molar-refractivity contribution in [2.45, 2.75) is 19.8 Å². The standard InChI is InChI=1S/C12H19N5O/c1-4-9-10-11(16-15-9)13-8-14-12(10)17(2)6-5-7-18-3/h8H,4-7H2,1-3H3,(H,13,14,15,16). The maximum atomic E-state index is 5.07. The Kier molecular flexibility index (Phi) is 4.09. The minimum absolute atomic E-state index is 0.732. The number of ether oxygens (including phenoxy) is 1. The quantitative estimate of drug-likeness (QED) is 0.784. The van der Waals surface area contributed by atoms with Gasteiger partial charge in [0.15, 0.2) is 5.65 Å². The number of nitrogens with one attached hydrogen (secondary N) is 1. The summed E-state index contributed by atoms with van der Waals surface area (Å²) in [5.74, 6) is 0.932. The Labute approximate surface area is 106 Å². The number of methoxy groups -OCH3 is 1. The van der Waals surface area contributed by atoms with Crippen LogP contribution in [0.25, 0.3) is 11.0 Å². The van der Waals surface area contributed by atoms with Crippen LogP contribution in [0.4, 0.5) is 5.82 Å². The Bertz CT molecular complexity index is 510. The Morgan fingerprint density at radius 3 is 2.94 bits per heavy atom. The molecule has 0 aromatic carbocycles. The summed E-state index contributed by atoms with van der Waals surface area (Å²) in [5.41, 5.74) is 1.81. The van der Waals surface area contributed by atoms with E-state index < -0.39 is 0 Å². The molecule has 98 valence electrons. The van der Waals surface area contributed by atoms with Crippen LogP contribution >= 0.6 is 0 Å². The molecular formula is C12H19N5O. The molecule has 0 fully saturated rings. The van der Waals surface area contributed by atoms with Crippen molar-refractivity contribution in [2.24, 2.45) is 0 Å². The molecule has 2 heterocycles. The van der Waals surface area contributed by atoms with Crippen LogP contribution in [0.2, 0.25) is 0 Å². The number of fused-ring (bicyclic) bond motifs is 1. The second kappa shape index (κ2) is 5.77. The maximum absolute atomic E-state index is 5.07. The van der Waals surface area contributed by atoms with Crippen LogP contribution in [-0.2, 0) is 11.2 Å². The number of aryl methyl sites for hydroxylation is 1. The Morgan fingerprint density at radius 1 is 1.39 bits per heavy atom. The largest absolute Gasteiger partial charge is 0.385 e. The van der Waals surface area contributed by atoms with Gasteiger partial charge in [0.2, 0.25) is 0 Å². The first-order valence-electron chi connectivity index (χ1n) is 6.16. The van der Waals surface area contributed by atoms with Gasteiger partial charge in [-0.3, -0.25) is 5.10 Å². The van der Waals surface area contributed by atoms with Gasteiger partial charge in [0.1, 0.15) is 12.1 Å². The average Bonchev–Trinajstić information content (AvgIpc) is 2.81. The lowest BCUT2D eigenvalue weighted by Gasteiger charge is -2.18. The lowest BCUT2D eigenvalue weighted by Crippen LogP contribution is -2.21. The third kappa shape index (κ3) is 2.43. The molecule has 18 heavy (non-hydrogen) atoms. The fourth-order valence-electron chi connectivity index (χ4n) is 2.00. The molecule has 2 aromatic heterocycles. The smallest absolute Gasteiger partial charge is 0.186 e. The predicted molar refractivity (Wildman–Crippen MR) is 70.8 cm³/mol. The van der Waals surface area contributed by atoms with Gasteiger partial charge in [-0.25, -0.2) is 9.97 Å². The van der Waals surface area contributed by atoms with Gasteiger partial charge in [-0.2, -0.15) is 5.10 Å². The van der Waals surface area contributed by atoms with Gasteiger partial charge in [-0.1, -0.05) is 6.92 Å². The number of H-pyrrole nitrogens is 1. The van der Waals surface area contributed by atoms with Crippen molar-refractivity contribution in [1.29, 1.82) is 0 Å². The number of hydrogen-bond acceptors (Lipinski definition) is 5. The molecule has 0 spiro atoms. The van der Waals surface area contributed by atoms with Crippen LogP contribution in [0.5, 0.6) is 0 Å². The number of hydrogen-bond donors (Lipinski definition) is 1. The zero-order valence-electron chi connectivity index (χ0n) is 11.1. The second-order valence-electron chi connectivity index (χ2n) is 4.22. The molecule has 2 aromatic rings. The van der Waals surface area contributed by atoms with E-state index in [2.05, 4.69) is 32.0 Å². The van der Waals surface area contributed by atoms with E-state index in [9.17, 15) is 0 Å². The number of rotatable bonds is 6. The second-order valence-corrected chi connectivity index (χ2v) is 4.22. The predicted octanol–water partition coefficient (Wildman–Crippen LogP) is 1.39. The van der Waals surface area contributed by atoms with E-state index in [0.29, 0.717) is 0 Å². The van der Waals surface area contributed by atoms with E-state index in [4.69, 9.17) is 4.74 Å². The first kappa shape index (κ1) is 12.8. The molecule has 0 unspecified atom stereocenters. The van der Waals surface area contributed by atoms with Crippen molar-refractivity contribution >= 4 is 16.9 Å². The molecular weight excluding hydrogens is 230 g/mol. The van der Waals surface area contributed by atoms with Gasteiger partial charge in [-0.05, 0) is 12.8 Å². The molecule has 6 heteroatoms. The average molecular weight is 249 g/mol. The maximum Gasteiger partial charge on any atom is 0.186 e. The molecule has 0 aliphatic rings. The SMILES string of the molecule is CCc1[nH]nc2ncnc(N(C)CCCOC)c12. The van der Waals surface area contributed by atoms with Crippen molar-refractivity contribution in [3.05, 3.63) is 12.0 Å². The summed E-state index contributed by atoms with van der Waals surface area (Å²) in [6, 6.07) is 0. The van der Waals surface area contributed by atoms with Crippen molar-refractivity contribution in [1.82, 2.24) is 20.2 Å². The molecule has 0 aliphatic heterocycles. The molecule has 0 radical (unpaired) electrons. The zero-order valence-corrected chi connectivity index (χ0v) is 11.1. The van der Waals surface area contributed by atoms with Crippen LogP contribution in [-0.4, -0.2) is 47.5 Å². The van der Waals surface area contributed by atoms with E-state index in [1.165, 1.54) is 0 Å². The number of aromatic amines is 1. The van der Waals surface area contributed by atoms with Gasteiger partial charge < -0.3 is 9.64 Å². The minimum Gasteiger partial charge on any atom is -0.385 e. The highest BCUT2D eigenvalue weighted by molar-refractivity contribution is 5.89. The van der Waals surface area contributed by atoms with Gasteiger partial charge in [0, 0.05) is 33.0 Å². The van der Waals surface area contributed by atoms with Crippen LogP contribution in [0.3, 0.4) is 0 Å². The number of aromatic nitrogens is 4. The Hall–Kier alpha value is -1.69. The number of anilines is 1. The van der Waals surface area contributed by atoms with Crippen LogP contribution in [0.15, 0.2) is 6.33 Å². The Morgan fingerprint density at radius 2 is 2.22 bits per heavy atom.